The Morgan fingerprint density at radius 1 is 1.09 bits per heavy atom. The van der Waals surface area contributed by atoms with Crippen LogP contribution in [0.2, 0.25) is 5.02 Å². The number of hydrogen-bond acceptors (Lipinski definition) is 4. The van der Waals surface area contributed by atoms with E-state index in [0.717, 1.165) is 4.31 Å². The molecule has 7 heteroatoms. The molecule has 2 N–H and O–H groups in total. The van der Waals surface area contributed by atoms with Crippen LogP contribution in [0.25, 0.3) is 0 Å². The molecule has 0 aromatic heterocycles. The Bertz CT molecular complexity index is 749. The Labute approximate surface area is 140 Å². The molecule has 0 saturated carbocycles. The van der Waals surface area contributed by atoms with Crippen molar-refractivity contribution >= 4 is 21.6 Å². The first-order valence-corrected chi connectivity index (χ1v) is 8.72. The molecule has 1 atom stereocenters. The number of likely N-dealkylation sites (N-methyl/N-ethyl adjacent to an activating group) is 1. The first kappa shape index (κ1) is 17.9. The highest BCUT2D eigenvalue weighted by molar-refractivity contribution is 7.89. The van der Waals surface area contributed by atoms with Gasteiger partial charge in [-0.3, -0.25) is 0 Å². The first-order valence-electron chi connectivity index (χ1n) is 6.90. The van der Waals surface area contributed by atoms with E-state index in [4.69, 9.17) is 11.6 Å². The molecule has 0 aliphatic rings. The molecule has 2 aromatic carbocycles. The average Bonchev–Trinajstić information content (AvgIpc) is 2.56. The number of nitrogens with zero attached hydrogens (tertiary/aromatic N) is 1. The molecular weight excluding hydrogens is 338 g/mol. The third-order valence-electron chi connectivity index (χ3n) is 3.58. The SMILES string of the molecule is CN(CC(O)(CO)c1ccccc1)S(=O)(=O)c1ccc(Cl)cc1. The van der Waals surface area contributed by atoms with Gasteiger partial charge in [-0.2, -0.15) is 4.31 Å². The van der Waals surface area contributed by atoms with Gasteiger partial charge in [-0.25, -0.2) is 8.42 Å². The van der Waals surface area contributed by atoms with Crippen LogP contribution >= 0.6 is 11.6 Å². The van der Waals surface area contributed by atoms with Crippen LogP contribution in [0.4, 0.5) is 0 Å². The van der Waals surface area contributed by atoms with E-state index < -0.39 is 22.2 Å². The van der Waals surface area contributed by atoms with Crippen molar-refractivity contribution in [3.8, 4) is 0 Å². The second-order valence-corrected chi connectivity index (χ2v) is 7.75. The molecule has 2 aromatic rings. The van der Waals surface area contributed by atoms with Gasteiger partial charge < -0.3 is 10.2 Å². The monoisotopic (exact) mass is 355 g/mol. The highest BCUT2D eigenvalue weighted by Gasteiger charge is 2.34. The van der Waals surface area contributed by atoms with Gasteiger partial charge >= 0.3 is 0 Å². The predicted octanol–water partition coefficient (Wildman–Crippen LogP) is 1.84. The summed E-state index contributed by atoms with van der Waals surface area (Å²) in [6.07, 6.45) is 0. The van der Waals surface area contributed by atoms with Gasteiger partial charge in [0.1, 0.15) is 5.60 Å². The van der Waals surface area contributed by atoms with E-state index in [-0.39, 0.29) is 11.4 Å². The molecule has 0 radical (unpaired) electrons. The van der Waals surface area contributed by atoms with E-state index in [2.05, 4.69) is 0 Å². The minimum absolute atomic E-state index is 0.0674. The maximum atomic E-state index is 12.6. The molecular formula is C16H18ClNO4S. The summed E-state index contributed by atoms with van der Waals surface area (Å²) in [6, 6.07) is 14.2. The summed E-state index contributed by atoms with van der Waals surface area (Å²) in [6.45, 7) is -0.879. The van der Waals surface area contributed by atoms with Crippen molar-refractivity contribution in [3.05, 3.63) is 65.2 Å². The standard InChI is InChI=1S/C16H18ClNO4S/c1-18(23(21,22)15-9-7-14(17)8-10-15)11-16(20,12-19)13-5-3-2-4-6-13/h2-10,19-20H,11-12H2,1H3. The lowest BCUT2D eigenvalue weighted by molar-refractivity contribution is -0.0287. The van der Waals surface area contributed by atoms with Crippen molar-refractivity contribution in [2.45, 2.75) is 10.5 Å². The molecule has 2 rings (SSSR count). The quantitative estimate of drug-likeness (QED) is 0.828. The topological polar surface area (TPSA) is 77.8 Å². The van der Waals surface area contributed by atoms with Crippen LogP contribution in [0.3, 0.4) is 0 Å². The fourth-order valence-corrected chi connectivity index (χ4v) is 3.57. The van der Waals surface area contributed by atoms with Crippen molar-refractivity contribution in [1.82, 2.24) is 4.31 Å². The summed E-state index contributed by atoms with van der Waals surface area (Å²) in [5.74, 6) is 0. The molecule has 0 saturated heterocycles. The number of halogens is 1. The Kier molecular flexibility index (Phi) is 5.44. The number of benzene rings is 2. The van der Waals surface area contributed by atoms with Crippen LogP contribution in [-0.4, -0.2) is 43.1 Å². The van der Waals surface area contributed by atoms with Gasteiger partial charge in [0, 0.05) is 18.6 Å². The van der Waals surface area contributed by atoms with Gasteiger partial charge in [0.2, 0.25) is 10.0 Å². The van der Waals surface area contributed by atoms with Crippen molar-refractivity contribution < 1.29 is 18.6 Å². The van der Waals surface area contributed by atoms with Gasteiger partial charge in [-0.1, -0.05) is 41.9 Å². The predicted molar refractivity (Wildman–Crippen MR) is 88.7 cm³/mol. The fraction of sp³-hybridized carbons (Fsp3) is 0.250. The second-order valence-electron chi connectivity index (χ2n) is 5.27. The van der Waals surface area contributed by atoms with E-state index in [1.54, 1.807) is 30.3 Å². The maximum absolute atomic E-state index is 12.6. The lowest BCUT2D eigenvalue weighted by atomic mass is 9.95. The third kappa shape index (κ3) is 3.91. The Morgan fingerprint density at radius 3 is 2.17 bits per heavy atom. The highest BCUT2D eigenvalue weighted by Crippen LogP contribution is 2.25. The number of aliphatic hydroxyl groups is 2. The van der Waals surface area contributed by atoms with Crippen LogP contribution in [0.15, 0.2) is 59.5 Å². The summed E-state index contributed by atoms with van der Waals surface area (Å²) in [4.78, 5) is 0.0674. The molecule has 0 fully saturated rings. The smallest absolute Gasteiger partial charge is 0.242 e. The molecule has 0 bridgehead atoms. The van der Waals surface area contributed by atoms with Crippen LogP contribution in [-0.2, 0) is 15.6 Å². The average molecular weight is 356 g/mol. The van der Waals surface area contributed by atoms with Gasteiger partial charge in [-0.05, 0) is 29.8 Å². The van der Waals surface area contributed by atoms with Gasteiger partial charge in [0.05, 0.1) is 11.5 Å². The van der Waals surface area contributed by atoms with Crippen LogP contribution < -0.4 is 0 Å². The largest absolute Gasteiger partial charge is 0.393 e. The van der Waals surface area contributed by atoms with Gasteiger partial charge in [-0.15, -0.1) is 0 Å². The Morgan fingerprint density at radius 2 is 1.65 bits per heavy atom. The zero-order valence-electron chi connectivity index (χ0n) is 12.6. The van der Waals surface area contributed by atoms with Crippen molar-refractivity contribution in [1.29, 1.82) is 0 Å². The summed E-state index contributed by atoms with van der Waals surface area (Å²) in [7, 11) is -2.45. The third-order valence-corrected chi connectivity index (χ3v) is 5.65. The summed E-state index contributed by atoms with van der Waals surface area (Å²) in [5, 5.41) is 20.6. The van der Waals surface area contributed by atoms with Gasteiger partial charge in [0.25, 0.3) is 0 Å². The van der Waals surface area contributed by atoms with Crippen molar-refractivity contribution in [2.24, 2.45) is 0 Å². The molecule has 5 nitrogen and oxygen atoms in total. The Balaban J connectivity index is 2.29. The second kappa shape index (κ2) is 6.98. The van der Waals surface area contributed by atoms with E-state index >= 15 is 0 Å². The molecule has 0 aliphatic heterocycles. The van der Waals surface area contributed by atoms with Crippen molar-refractivity contribution in [3.63, 3.8) is 0 Å². The van der Waals surface area contributed by atoms with Crippen LogP contribution in [0, 0.1) is 0 Å². The minimum atomic E-state index is -3.80. The Hall–Kier alpha value is -1.44. The fourth-order valence-electron chi connectivity index (χ4n) is 2.22. The summed E-state index contributed by atoms with van der Waals surface area (Å²) < 4.78 is 26.1. The van der Waals surface area contributed by atoms with Crippen LogP contribution in [0.1, 0.15) is 5.56 Å². The minimum Gasteiger partial charge on any atom is -0.393 e. The zero-order chi connectivity index (χ0) is 17.1. The maximum Gasteiger partial charge on any atom is 0.242 e. The van der Waals surface area contributed by atoms with E-state index in [9.17, 15) is 18.6 Å². The van der Waals surface area contributed by atoms with E-state index in [1.807, 2.05) is 0 Å². The summed E-state index contributed by atoms with van der Waals surface area (Å²) in [5.41, 5.74) is -1.24. The zero-order valence-corrected chi connectivity index (χ0v) is 14.1. The molecule has 23 heavy (non-hydrogen) atoms. The molecule has 0 amide bonds. The molecule has 124 valence electrons. The normalized spacial score (nSPS) is 14.7. The van der Waals surface area contributed by atoms with Gasteiger partial charge in [0.15, 0.2) is 0 Å². The summed E-state index contributed by atoms with van der Waals surface area (Å²) >= 11 is 5.77. The number of aliphatic hydroxyl groups excluding tert-OH is 1. The molecule has 0 spiro atoms. The molecule has 0 aliphatic carbocycles. The molecule has 1 unspecified atom stereocenters. The lowest BCUT2D eigenvalue weighted by Gasteiger charge is -2.31. The molecule has 0 heterocycles. The van der Waals surface area contributed by atoms with Crippen molar-refractivity contribution in [2.75, 3.05) is 20.2 Å². The number of hydrogen-bond donors (Lipinski definition) is 2. The highest BCUT2D eigenvalue weighted by atomic mass is 35.5. The lowest BCUT2D eigenvalue weighted by Crippen LogP contribution is -2.44. The first-order chi connectivity index (χ1) is 10.8. The van der Waals surface area contributed by atoms with Crippen LogP contribution in [0.5, 0.6) is 0 Å². The number of sulfonamides is 1. The van der Waals surface area contributed by atoms with E-state index in [0.29, 0.717) is 10.6 Å². The van der Waals surface area contributed by atoms with E-state index in [1.165, 1.54) is 31.3 Å². The number of rotatable bonds is 6.